The standard InChI is InChI=1S/C18H22N2O6S/c1-4-11(2)16(17(23)24-3)20-14(21)9-25-15(22)10-27-18-19-12-7-5-6-8-13(12)26-18/h5-8,11,16H,4,9-10H2,1-3H3,(H,20,21)/t11-,16-/m0/s1. The third-order valence-corrected chi connectivity index (χ3v) is 4.74. The number of amides is 1. The maximum Gasteiger partial charge on any atom is 0.328 e. The molecular formula is C18H22N2O6S. The zero-order valence-electron chi connectivity index (χ0n) is 15.4. The summed E-state index contributed by atoms with van der Waals surface area (Å²) < 4.78 is 15.1. The molecule has 0 aliphatic heterocycles. The lowest BCUT2D eigenvalue weighted by Crippen LogP contribution is -2.47. The van der Waals surface area contributed by atoms with Crippen molar-refractivity contribution in [3.63, 3.8) is 0 Å². The van der Waals surface area contributed by atoms with Crippen LogP contribution in [0.4, 0.5) is 0 Å². The molecule has 0 bridgehead atoms. The van der Waals surface area contributed by atoms with Gasteiger partial charge in [-0.25, -0.2) is 9.78 Å². The van der Waals surface area contributed by atoms with E-state index < -0.39 is 30.5 Å². The van der Waals surface area contributed by atoms with Crippen molar-refractivity contribution in [3.05, 3.63) is 24.3 Å². The van der Waals surface area contributed by atoms with Crippen LogP contribution in [-0.4, -0.2) is 48.3 Å². The number of oxazole rings is 1. The molecule has 1 amide bonds. The summed E-state index contributed by atoms with van der Waals surface area (Å²) in [6, 6.07) is 6.48. The second-order valence-electron chi connectivity index (χ2n) is 5.85. The monoisotopic (exact) mass is 394 g/mol. The lowest BCUT2D eigenvalue weighted by molar-refractivity contribution is -0.149. The van der Waals surface area contributed by atoms with Gasteiger partial charge in [0.1, 0.15) is 17.3 Å². The number of carbonyl (C=O) groups is 3. The molecule has 0 saturated heterocycles. The molecule has 1 aromatic carbocycles. The second-order valence-corrected chi connectivity index (χ2v) is 6.78. The molecule has 2 rings (SSSR count). The highest BCUT2D eigenvalue weighted by atomic mass is 32.2. The van der Waals surface area contributed by atoms with E-state index in [0.29, 0.717) is 22.7 Å². The number of rotatable bonds is 9. The first-order chi connectivity index (χ1) is 12.9. The van der Waals surface area contributed by atoms with Crippen LogP contribution in [0.2, 0.25) is 0 Å². The number of hydrogen-bond donors (Lipinski definition) is 1. The Hall–Kier alpha value is -2.55. The van der Waals surface area contributed by atoms with E-state index in [9.17, 15) is 14.4 Å². The number of benzene rings is 1. The number of carbonyl (C=O) groups excluding carboxylic acids is 3. The molecule has 27 heavy (non-hydrogen) atoms. The number of nitrogens with one attached hydrogen (secondary N) is 1. The van der Waals surface area contributed by atoms with E-state index in [2.05, 4.69) is 10.3 Å². The Morgan fingerprint density at radius 1 is 1.30 bits per heavy atom. The second kappa shape index (κ2) is 9.96. The van der Waals surface area contributed by atoms with Gasteiger partial charge in [0.05, 0.1) is 7.11 Å². The highest BCUT2D eigenvalue weighted by Crippen LogP contribution is 2.23. The van der Waals surface area contributed by atoms with Gasteiger partial charge in [0.15, 0.2) is 12.2 Å². The molecule has 0 aliphatic rings. The summed E-state index contributed by atoms with van der Waals surface area (Å²) in [5.74, 6) is -1.84. The van der Waals surface area contributed by atoms with Gasteiger partial charge in [-0.15, -0.1) is 0 Å². The SMILES string of the molecule is CC[C@H](C)[C@H](NC(=O)COC(=O)CSc1nc2ccccc2o1)C(=O)OC. The largest absolute Gasteiger partial charge is 0.467 e. The summed E-state index contributed by atoms with van der Waals surface area (Å²) in [6.45, 7) is 3.25. The third-order valence-electron chi connectivity index (χ3n) is 3.94. The average Bonchev–Trinajstić information content (AvgIpc) is 3.10. The Labute approximate surface area is 161 Å². The van der Waals surface area contributed by atoms with Crippen molar-refractivity contribution in [1.29, 1.82) is 0 Å². The Morgan fingerprint density at radius 3 is 2.70 bits per heavy atom. The highest BCUT2D eigenvalue weighted by Gasteiger charge is 2.27. The van der Waals surface area contributed by atoms with E-state index in [0.717, 1.165) is 11.8 Å². The predicted octanol–water partition coefficient (Wildman–Crippen LogP) is 2.17. The van der Waals surface area contributed by atoms with Gasteiger partial charge in [-0.1, -0.05) is 44.2 Å². The van der Waals surface area contributed by atoms with E-state index in [1.54, 1.807) is 12.1 Å². The summed E-state index contributed by atoms with van der Waals surface area (Å²) in [7, 11) is 1.26. The van der Waals surface area contributed by atoms with Crippen molar-refractivity contribution in [1.82, 2.24) is 10.3 Å². The smallest absolute Gasteiger partial charge is 0.328 e. The van der Waals surface area contributed by atoms with Crippen LogP contribution in [0.1, 0.15) is 20.3 Å². The van der Waals surface area contributed by atoms with Crippen molar-refractivity contribution in [2.45, 2.75) is 31.5 Å². The van der Waals surface area contributed by atoms with Gasteiger partial charge >= 0.3 is 11.9 Å². The first-order valence-electron chi connectivity index (χ1n) is 8.45. The number of methoxy groups -OCH3 is 1. The average molecular weight is 394 g/mol. The Balaban J connectivity index is 1.78. The number of aromatic nitrogens is 1. The van der Waals surface area contributed by atoms with Crippen LogP contribution < -0.4 is 5.32 Å². The minimum absolute atomic E-state index is 0.0497. The number of esters is 2. The lowest BCUT2D eigenvalue weighted by Gasteiger charge is -2.21. The van der Waals surface area contributed by atoms with Crippen LogP contribution in [0.3, 0.4) is 0 Å². The van der Waals surface area contributed by atoms with Crippen molar-refractivity contribution in [3.8, 4) is 0 Å². The molecule has 1 heterocycles. The molecule has 8 nitrogen and oxygen atoms in total. The molecule has 2 aromatic rings. The number of ether oxygens (including phenoxy) is 2. The molecule has 9 heteroatoms. The number of nitrogens with zero attached hydrogens (tertiary/aromatic N) is 1. The first-order valence-corrected chi connectivity index (χ1v) is 9.44. The highest BCUT2D eigenvalue weighted by molar-refractivity contribution is 7.99. The molecule has 0 spiro atoms. The predicted molar refractivity (Wildman–Crippen MR) is 99.1 cm³/mol. The van der Waals surface area contributed by atoms with Crippen molar-refractivity contribution < 1.29 is 28.3 Å². The van der Waals surface area contributed by atoms with Gasteiger partial charge in [-0.2, -0.15) is 0 Å². The maximum atomic E-state index is 12.0. The quantitative estimate of drug-likeness (QED) is 0.509. The van der Waals surface area contributed by atoms with Crippen LogP contribution in [-0.2, 0) is 23.9 Å². The van der Waals surface area contributed by atoms with Gasteiger partial charge in [0.2, 0.25) is 0 Å². The molecule has 1 aromatic heterocycles. The Bertz CT molecular complexity index is 773. The Morgan fingerprint density at radius 2 is 2.04 bits per heavy atom. The first kappa shape index (κ1) is 20.8. The maximum absolute atomic E-state index is 12.0. The van der Waals surface area contributed by atoms with E-state index in [1.165, 1.54) is 7.11 Å². The fourth-order valence-electron chi connectivity index (χ4n) is 2.23. The zero-order chi connectivity index (χ0) is 19.8. The third kappa shape index (κ3) is 5.99. The van der Waals surface area contributed by atoms with E-state index in [4.69, 9.17) is 13.9 Å². The normalized spacial score (nSPS) is 13.0. The van der Waals surface area contributed by atoms with Crippen LogP contribution >= 0.6 is 11.8 Å². The molecule has 0 saturated carbocycles. The summed E-state index contributed by atoms with van der Waals surface area (Å²) >= 11 is 1.08. The number of hydrogen-bond acceptors (Lipinski definition) is 8. The summed E-state index contributed by atoms with van der Waals surface area (Å²) in [5, 5.41) is 2.88. The minimum Gasteiger partial charge on any atom is -0.467 e. The Kier molecular flexibility index (Phi) is 7.66. The molecule has 146 valence electrons. The van der Waals surface area contributed by atoms with Gasteiger partial charge in [-0.3, -0.25) is 9.59 Å². The van der Waals surface area contributed by atoms with Gasteiger partial charge < -0.3 is 19.2 Å². The van der Waals surface area contributed by atoms with Crippen LogP contribution in [0.15, 0.2) is 33.9 Å². The molecule has 0 radical (unpaired) electrons. The minimum atomic E-state index is -0.777. The fourth-order valence-corrected chi connectivity index (χ4v) is 2.87. The molecule has 2 atom stereocenters. The van der Waals surface area contributed by atoms with Crippen molar-refractivity contribution in [2.24, 2.45) is 5.92 Å². The molecule has 0 aliphatic carbocycles. The molecule has 0 unspecified atom stereocenters. The summed E-state index contributed by atoms with van der Waals surface area (Å²) in [5.41, 5.74) is 1.33. The van der Waals surface area contributed by atoms with Gasteiger partial charge in [0, 0.05) is 0 Å². The number of para-hydroxylation sites is 2. The van der Waals surface area contributed by atoms with E-state index in [1.807, 2.05) is 26.0 Å². The molecule has 0 fully saturated rings. The lowest BCUT2D eigenvalue weighted by atomic mass is 9.99. The number of fused-ring (bicyclic) bond motifs is 1. The summed E-state index contributed by atoms with van der Waals surface area (Å²) in [6.07, 6.45) is 0.682. The topological polar surface area (TPSA) is 108 Å². The van der Waals surface area contributed by atoms with Crippen molar-refractivity contribution in [2.75, 3.05) is 19.5 Å². The zero-order valence-corrected chi connectivity index (χ0v) is 16.2. The summed E-state index contributed by atoms with van der Waals surface area (Å²) in [4.78, 5) is 39.8. The van der Waals surface area contributed by atoms with Crippen molar-refractivity contribution >= 4 is 40.7 Å². The fraction of sp³-hybridized carbons (Fsp3) is 0.444. The number of thioether (sulfide) groups is 1. The van der Waals surface area contributed by atoms with Crippen LogP contribution in [0.5, 0.6) is 0 Å². The van der Waals surface area contributed by atoms with E-state index >= 15 is 0 Å². The van der Waals surface area contributed by atoms with Crippen LogP contribution in [0.25, 0.3) is 11.1 Å². The van der Waals surface area contributed by atoms with Gasteiger partial charge in [0.25, 0.3) is 11.1 Å². The van der Waals surface area contributed by atoms with Crippen LogP contribution in [0, 0.1) is 5.92 Å². The van der Waals surface area contributed by atoms with Gasteiger partial charge in [-0.05, 0) is 18.1 Å². The molecular weight excluding hydrogens is 372 g/mol. The molecule has 1 N–H and O–H groups in total. The van der Waals surface area contributed by atoms with E-state index in [-0.39, 0.29) is 11.7 Å².